The molecule has 0 aromatic carbocycles. The van der Waals surface area contributed by atoms with Crippen molar-refractivity contribution < 1.29 is 9.90 Å². The van der Waals surface area contributed by atoms with Gasteiger partial charge in [0.15, 0.2) is 0 Å². The van der Waals surface area contributed by atoms with E-state index in [0.717, 1.165) is 12.2 Å². The van der Waals surface area contributed by atoms with Gasteiger partial charge in [-0.1, -0.05) is 19.9 Å². The van der Waals surface area contributed by atoms with Crippen LogP contribution in [0, 0.1) is 5.92 Å². The number of carboxylic acid groups (broad SMARTS) is 1. The van der Waals surface area contributed by atoms with Crippen molar-refractivity contribution in [3.05, 3.63) is 29.6 Å². The quantitative estimate of drug-likeness (QED) is 0.826. The summed E-state index contributed by atoms with van der Waals surface area (Å²) in [5.41, 5.74) is 0.901. The third-order valence-corrected chi connectivity index (χ3v) is 2.13. The minimum Gasteiger partial charge on any atom is -0.477 e. The average Bonchev–Trinajstić information content (AvgIpc) is 2.16. The molecule has 0 unspecified atom stereocenters. The molecule has 1 rings (SSSR count). The molecule has 0 radical (unpaired) electrons. The van der Waals surface area contributed by atoms with Crippen LogP contribution in [-0.4, -0.2) is 34.6 Å². The molecule has 0 saturated carbocycles. The van der Waals surface area contributed by atoms with E-state index in [0.29, 0.717) is 12.5 Å². The third-order valence-electron chi connectivity index (χ3n) is 2.13. The van der Waals surface area contributed by atoms with Crippen LogP contribution < -0.4 is 0 Å². The number of carboxylic acids is 1. The van der Waals surface area contributed by atoms with Crippen molar-refractivity contribution >= 4 is 5.97 Å². The Bertz CT molecular complexity index is 364. The van der Waals surface area contributed by atoms with Gasteiger partial charge in [0.1, 0.15) is 5.69 Å². The molecule has 1 heterocycles. The van der Waals surface area contributed by atoms with Crippen LogP contribution in [0.2, 0.25) is 0 Å². The van der Waals surface area contributed by atoms with Crippen LogP contribution in [-0.2, 0) is 6.54 Å². The van der Waals surface area contributed by atoms with E-state index in [1.807, 2.05) is 13.1 Å². The smallest absolute Gasteiger partial charge is 0.354 e. The first-order valence-corrected chi connectivity index (χ1v) is 5.37. The van der Waals surface area contributed by atoms with Crippen LogP contribution in [0.15, 0.2) is 18.2 Å². The zero-order valence-electron chi connectivity index (χ0n) is 9.97. The van der Waals surface area contributed by atoms with E-state index in [1.165, 1.54) is 6.07 Å². The molecule has 1 N–H and O–H groups in total. The highest BCUT2D eigenvalue weighted by molar-refractivity contribution is 5.85. The Morgan fingerprint density at radius 3 is 2.75 bits per heavy atom. The molecule has 0 amide bonds. The number of carbonyl (C=O) groups is 1. The molecule has 1 aromatic rings. The summed E-state index contributed by atoms with van der Waals surface area (Å²) in [5.74, 6) is -0.388. The average molecular weight is 222 g/mol. The van der Waals surface area contributed by atoms with Crippen molar-refractivity contribution in [1.82, 2.24) is 9.88 Å². The fourth-order valence-corrected chi connectivity index (χ4v) is 1.65. The number of aromatic carboxylic acids is 1. The number of aromatic nitrogens is 1. The van der Waals surface area contributed by atoms with Gasteiger partial charge in [-0.05, 0) is 25.1 Å². The van der Waals surface area contributed by atoms with Gasteiger partial charge in [0.05, 0.1) is 5.69 Å². The van der Waals surface area contributed by atoms with Gasteiger partial charge >= 0.3 is 5.97 Å². The highest BCUT2D eigenvalue weighted by Gasteiger charge is 2.07. The largest absolute Gasteiger partial charge is 0.477 e. The van der Waals surface area contributed by atoms with Crippen molar-refractivity contribution in [3.63, 3.8) is 0 Å². The maximum absolute atomic E-state index is 10.7. The summed E-state index contributed by atoms with van der Waals surface area (Å²) in [4.78, 5) is 17.0. The number of pyridine rings is 1. The maximum atomic E-state index is 10.7. The second-order valence-electron chi connectivity index (χ2n) is 4.41. The van der Waals surface area contributed by atoms with E-state index in [-0.39, 0.29) is 5.69 Å². The summed E-state index contributed by atoms with van der Waals surface area (Å²) in [6.45, 7) is 5.95. The minimum atomic E-state index is -0.978. The Balaban J connectivity index is 2.66. The first-order chi connectivity index (χ1) is 7.49. The van der Waals surface area contributed by atoms with Gasteiger partial charge in [0.25, 0.3) is 0 Å². The zero-order chi connectivity index (χ0) is 12.1. The standard InChI is InChI=1S/C12H18N2O2/c1-9(2)7-14(3)8-10-5-4-6-11(13-10)12(15)16/h4-6,9H,7-8H2,1-3H3,(H,15,16). The van der Waals surface area contributed by atoms with Gasteiger partial charge in [-0.25, -0.2) is 9.78 Å². The van der Waals surface area contributed by atoms with Gasteiger partial charge in [0.2, 0.25) is 0 Å². The van der Waals surface area contributed by atoms with Crippen LogP contribution in [0.1, 0.15) is 30.0 Å². The molecule has 4 heteroatoms. The van der Waals surface area contributed by atoms with Crippen LogP contribution >= 0.6 is 0 Å². The van der Waals surface area contributed by atoms with E-state index < -0.39 is 5.97 Å². The monoisotopic (exact) mass is 222 g/mol. The number of rotatable bonds is 5. The van der Waals surface area contributed by atoms with Crippen LogP contribution in [0.4, 0.5) is 0 Å². The van der Waals surface area contributed by atoms with Crippen LogP contribution in [0.3, 0.4) is 0 Å². The second-order valence-corrected chi connectivity index (χ2v) is 4.41. The molecule has 4 nitrogen and oxygen atoms in total. The second kappa shape index (κ2) is 5.61. The lowest BCUT2D eigenvalue weighted by Gasteiger charge is -2.18. The summed E-state index contributed by atoms with van der Waals surface area (Å²) in [6.07, 6.45) is 0. The van der Waals surface area contributed by atoms with Crippen molar-refractivity contribution in [2.75, 3.05) is 13.6 Å². The van der Waals surface area contributed by atoms with E-state index in [2.05, 4.69) is 23.7 Å². The zero-order valence-corrected chi connectivity index (χ0v) is 9.97. The molecule has 0 aliphatic rings. The van der Waals surface area contributed by atoms with Gasteiger partial charge in [0, 0.05) is 13.1 Å². The first-order valence-electron chi connectivity index (χ1n) is 5.37. The van der Waals surface area contributed by atoms with Gasteiger partial charge in [-0.2, -0.15) is 0 Å². The van der Waals surface area contributed by atoms with Crippen molar-refractivity contribution in [1.29, 1.82) is 0 Å². The molecule has 88 valence electrons. The molecule has 0 spiro atoms. The SMILES string of the molecule is CC(C)CN(C)Cc1cccc(C(=O)O)n1. The lowest BCUT2D eigenvalue weighted by atomic mass is 10.2. The fourth-order valence-electron chi connectivity index (χ4n) is 1.65. The normalized spacial score (nSPS) is 11.1. The first kappa shape index (κ1) is 12.6. The van der Waals surface area contributed by atoms with E-state index >= 15 is 0 Å². The predicted octanol–water partition coefficient (Wildman–Crippen LogP) is 1.87. The van der Waals surface area contributed by atoms with E-state index in [1.54, 1.807) is 6.07 Å². The lowest BCUT2D eigenvalue weighted by Crippen LogP contribution is -2.23. The van der Waals surface area contributed by atoms with Gasteiger partial charge in [-0.15, -0.1) is 0 Å². The van der Waals surface area contributed by atoms with Gasteiger partial charge in [-0.3, -0.25) is 0 Å². The number of hydrogen-bond donors (Lipinski definition) is 1. The summed E-state index contributed by atoms with van der Waals surface area (Å²) in [5, 5.41) is 8.81. The summed E-state index contributed by atoms with van der Waals surface area (Å²) >= 11 is 0. The Kier molecular flexibility index (Phi) is 4.43. The molecule has 16 heavy (non-hydrogen) atoms. The van der Waals surface area contributed by atoms with E-state index in [9.17, 15) is 4.79 Å². The van der Waals surface area contributed by atoms with Crippen molar-refractivity contribution in [2.24, 2.45) is 5.92 Å². The highest BCUT2D eigenvalue weighted by atomic mass is 16.4. The van der Waals surface area contributed by atoms with Crippen molar-refractivity contribution in [3.8, 4) is 0 Å². The predicted molar refractivity (Wildman–Crippen MR) is 62.4 cm³/mol. The lowest BCUT2D eigenvalue weighted by molar-refractivity contribution is 0.0690. The highest BCUT2D eigenvalue weighted by Crippen LogP contribution is 2.04. The third kappa shape index (κ3) is 3.98. The van der Waals surface area contributed by atoms with E-state index in [4.69, 9.17) is 5.11 Å². The minimum absolute atomic E-state index is 0.107. The summed E-state index contributed by atoms with van der Waals surface area (Å²) in [7, 11) is 2.01. The fraction of sp³-hybridized carbons (Fsp3) is 0.500. The molecule has 0 fully saturated rings. The Labute approximate surface area is 95.9 Å². The molecule has 1 aromatic heterocycles. The molecule has 0 aliphatic heterocycles. The molecular weight excluding hydrogens is 204 g/mol. The maximum Gasteiger partial charge on any atom is 0.354 e. The van der Waals surface area contributed by atoms with Crippen LogP contribution in [0.5, 0.6) is 0 Å². The Morgan fingerprint density at radius 1 is 1.50 bits per heavy atom. The summed E-state index contributed by atoms with van der Waals surface area (Å²) < 4.78 is 0. The number of hydrogen-bond acceptors (Lipinski definition) is 3. The molecule has 0 bridgehead atoms. The summed E-state index contributed by atoms with van der Waals surface area (Å²) in [6, 6.07) is 5.09. The molecule has 0 saturated heterocycles. The molecule has 0 aliphatic carbocycles. The van der Waals surface area contributed by atoms with Crippen LogP contribution in [0.25, 0.3) is 0 Å². The molecular formula is C12H18N2O2. The number of nitrogens with zero attached hydrogens (tertiary/aromatic N) is 2. The topological polar surface area (TPSA) is 53.4 Å². The van der Waals surface area contributed by atoms with Crippen molar-refractivity contribution in [2.45, 2.75) is 20.4 Å². The molecule has 0 atom stereocenters. The Hall–Kier alpha value is -1.42. The van der Waals surface area contributed by atoms with Gasteiger partial charge < -0.3 is 10.0 Å². The Morgan fingerprint density at radius 2 is 2.19 bits per heavy atom.